The van der Waals surface area contributed by atoms with Crippen molar-refractivity contribution >= 4 is 5.91 Å². The second kappa shape index (κ2) is 7.65. The molecule has 3 aromatic rings. The summed E-state index contributed by atoms with van der Waals surface area (Å²) in [5, 5.41) is 14.7. The van der Waals surface area contributed by atoms with E-state index in [0.717, 1.165) is 5.56 Å². The maximum absolute atomic E-state index is 13.2. The quantitative estimate of drug-likeness (QED) is 0.748. The van der Waals surface area contributed by atoms with Crippen LogP contribution in [0.15, 0.2) is 54.6 Å². The van der Waals surface area contributed by atoms with Crippen LogP contribution in [0.4, 0.5) is 4.39 Å². The molecule has 2 aromatic carbocycles. The fraction of sp³-hybridized carbons (Fsp3) is 0.222. The zero-order chi connectivity index (χ0) is 17.6. The Labute approximate surface area is 144 Å². The van der Waals surface area contributed by atoms with Gasteiger partial charge < -0.3 is 5.32 Å². The number of amides is 1. The van der Waals surface area contributed by atoms with Gasteiger partial charge in [-0.25, -0.2) is 4.39 Å². The maximum atomic E-state index is 13.2. The van der Waals surface area contributed by atoms with Crippen LogP contribution in [-0.2, 0) is 11.3 Å². The number of benzene rings is 2. The van der Waals surface area contributed by atoms with E-state index in [9.17, 15) is 9.18 Å². The van der Waals surface area contributed by atoms with E-state index in [-0.39, 0.29) is 30.0 Å². The molecule has 0 fully saturated rings. The van der Waals surface area contributed by atoms with E-state index < -0.39 is 0 Å². The molecule has 6 nitrogen and oxygen atoms in total. The molecular weight excluding hydrogens is 321 g/mol. The van der Waals surface area contributed by atoms with E-state index in [1.807, 2.05) is 37.3 Å². The first-order valence-electron chi connectivity index (χ1n) is 7.97. The predicted molar refractivity (Wildman–Crippen MR) is 91.1 cm³/mol. The molecule has 0 bridgehead atoms. The molecule has 0 saturated heterocycles. The maximum Gasteiger partial charge on any atom is 0.243 e. The van der Waals surface area contributed by atoms with Crippen molar-refractivity contribution in [2.75, 3.05) is 6.54 Å². The number of carbonyl (C=O) groups is 1. The van der Waals surface area contributed by atoms with Gasteiger partial charge in [0.15, 0.2) is 0 Å². The largest absolute Gasteiger partial charge is 0.354 e. The van der Waals surface area contributed by atoms with Crippen LogP contribution in [0.5, 0.6) is 0 Å². The summed E-state index contributed by atoms with van der Waals surface area (Å²) in [7, 11) is 0. The van der Waals surface area contributed by atoms with Crippen molar-refractivity contribution in [3.63, 3.8) is 0 Å². The van der Waals surface area contributed by atoms with Crippen molar-refractivity contribution in [1.29, 1.82) is 0 Å². The second-order valence-electron chi connectivity index (χ2n) is 5.77. The number of carbonyl (C=O) groups excluding carboxylic acids is 1. The molecule has 0 aliphatic carbocycles. The van der Waals surface area contributed by atoms with Crippen LogP contribution in [0.25, 0.3) is 11.4 Å². The smallest absolute Gasteiger partial charge is 0.243 e. The Bertz CT molecular complexity index is 849. The highest BCUT2D eigenvalue weighted by Crippen LogP contribution is 2.14. The highest BCUT2D eigenvalue weighted by Gasteiger charge is 2.11. The Balaban J connectivity index is 1.55. The second-order valence-corrected chi connectivity index (χ2v) is 5.77. The van der Waals surface area contributed by atoms with Crippen molar-refractivity contribution in [3.05, 3.63) is 66.0 Å². The number of aromatic nitrogens is 4. The molecule has 0 aliphatic rings. The van der Waals surface area contributed by atoms with E-state index >= 15 is 0 Å². The van der Waals surface area contributed by atoms with Crippen LogP contribution in [0, 0.1) is 5.82 Å². The fourth-order valence-electron chi connectivity index (χ4n) is 2.40. The summed E-state index contributed by atoms with van der Waals surface area (Å²) < 4.78 is 13.2. The molecule has 0 unspecified atom stereocenters. The van der Waals surface area contributed by atoms with Gasteiger partial charge in [-0.1, -0.05) is 49.4 Å². The third-order valence-electron chi connectivity index (χ3n) is 3.79. The number of nitrogens with one attached hydrogen (secondary N) is 1. The molecule has 7 heteroatoms. The van der Waals surface area contributed by atoms with Crippen molar-refractivity contribution in [1.82, 2.24) is 25.5 Å². The average Bonchev–Trinajstić information content (AvgIpc) is 3.09. The van der Waals surface area contributed by atoms with Gasteiger partial charge in [-0.15, -0.1) is 10.2 Å². The normalized spacial score (nSPS) is 11.9. The molecule has 0 saturated carbocycles. The van der Waals surface area contributed by atoms with E-state index in [1.54, 1.807) is 12.1 Å². The van der Waals surface area contributed by atoms with Gasteiger partial charge in [0.1, 0.15) is 12.4 Å². The Morgan fingerprint density at radius 1 is 1.20 bits per heavy atom. The summed E-state index contributed by atoms with van der Waals surface area (Å²) in [5.74, 6) is -0.0888. The average molecular weight is 339 g/mol. The lowest BCUT2D eigenvalue weighted by atomic mass is 10.0. The summed E-state index contributed by atoms with van der Waals surface area (Å²) in [4.78, 5) is 13.2. The molecule has 1 aromatic heterocycles. The first kappa shape index (κ1) is 16.8. The van der Waals surface area contributed by atoms with Crippen molar-refractivity contribution in [3.8, 4) is 11.4 Å². The molecule has 1 N–H and O–H groups in total. The molecule has 1 heterocycles. The van der Waals surface area contributed by atoms with Crippen molar-refractivity contribution in [2.45, 2.75) is 19.4 Å². The minimum absolute atomic E-state index is 0.0379. The van der Waals surface area contributed by atoms with Crippen LogP contribution in [0.3, 0.4) is 0 Å². The van der Waals surface area contributed by atoms with E-state index in [0.29, 0.717) is 12.1 Å². The van der Waals surface area contributed by atoms with Gasteiger partial charge in [0.2, 0.25) is 11.7 Å². The predicted octanol–water partition coefficient (Wildman–Crippen LogP) is 2.40. The molecule has 0 aliphatic heterocycles. The molecular formula is C18H18FN5O. The Morgan fingerprint density at radius 2 is 2.00 bits per heavy atom. The summed E-state index contributed by atoms with van der Waals surface area (Å²) in [6.45, 7) is 2.53. The minimum atomic E-state index is -0.374. The highest BCUT2D eigenvalue weighted by molar-refractivity contribution is 5.75. The van der Waals surface area contributed by atoms with Gasteiger partial charge in [0.25, 0.3) is 0 Å². The van der Waals surface area contributed by atoms with Gasteiger partial charge in [0, 0.05) is 12.1 Å². The standard InChI is InChI=1S/C18H18FN5O/c1-13(14-6-3-2-4-7-14)11-20-17(25)12-24-22-18(21-23-24)15-8-5-9-16(19)10-15/h2-10,13H,11-12H2,1H3,(H,20,25)/t13-/m0/s1. The lowest BCUT2D eigenvalue weighted by molar-refractivity contribution is -0.122. The first-order valence-corrected chi connectivity index (χ1v) is 7.97. The number of hydrogen-bond donors (Lipinski definition) is 1. The Kier molecular flexibility index (Phi) is 5.13. The topological polar surface area (TPSA) is 72.7 Å². The lowest BCUT2D eigenvalue weighted by Gasteiger charge is -2.12. The number of rotatable bonds is 6. The number of hydrogen-bond acceptors (Lipinski definition) is 4. The molecule has 0 radical (unpaired) electrons. The highest BCUT2D eigenvalue weighted by atomic mass is 19.1. The minimum Gasteiger partial charge on any atom is -0.354 e. The third-order valence-corrected chi connectivity index (χ3v) is 3.79. The molecule has 0 spiro atoms. The van der Waals surface area contributed by atoms with E-state index in [1.165, 1.54) is 16.9 Å². The van der Waals surface area contributed by atoms with E-state index in [2.05, 4.69) is 20.7 Å². The monoisotopic (exact) mass is 339 g/mol. The zero-order valence-corrected chi connectivity index (χ0v) is 13.8. The van der Waals surface area contributed by atoms with Crippen LogP contribution in [-0.4, -0.2) is 32.7 Å². The lowest BCUT2D eigenvalue weighted by Crippen LogP contribution is -2.31. The van der Waals surface area contributed by atoms with Gasteiger partial charge in [0.05, 0.1) is 0 Å². The van der Waals surface area contributed by atoms with E-state index in [4.69, 9.17) is 0 Å². The first-order chi connectivity index (χ1) is 12.1. The number of halogens is 1. The van der Waals surface area contributed by atoms with Gasteiger partial charge in [-0.2, -0.15) is 4.80 Å². The summed E-state index contributed by atoms with van der Waals surface area (Å²) >= 11 is 0. The third kappa shape index (κ3) is 4.47. The van der Waals surface area contributed by atoms with Gasteiger partial charge in [-0.05, 0) is 28.8 Å². The van der Waals surface area contributed by atoms with Crippen molar-refractivity contribution in [2.24, 2.45) is 0 Å². The van der Waals surface area contributed by atoms with Gasteiger partial charge >= 0.3 is 0 Å². The zero-order valence-electron chi connectivity index (χ0n) is 13.8. The van der Waals surface area contributed by atoms with Crippen LogP contribution < -0.4 is 5.32 Å². The summed E-state index contributed by atoms with van der Waals surface area (Å²) in [5.41, 5.74) is 1.68. The fourth-order valence-corrected chi connectivity index (χ4v) is 2.40. The number of tetrazole rings is 1. The Hall–Kier alpha value is -3.09. The SMILES string of the molecule is C[C@@H](CNC(=O)Cn1nnc(-c2cccc(F)c2)n1)c1ccccc1. The molecule has 1 amide bonds. The van der Waals surface area contributed by atoms with Crippen LogP contribution >= 0.6 is 0 Å². The summed E-state index contributed by atoms with van der Waals surface area (Å²) in [6.07, 6.45) is 0. The molecule has 1 atom stereocenters. The van der Waals surface area contributed by atoms with Gasteiger partial charge in [-0.3, -0.25) is 4.79 Å². The van der Waals surface area contributed by atoms with Crippen molar-refractivity contribution < 1.29 is 9.18 Å². The Morgan fingerprint density at radius 3 is 2.76 bits per heavy atom. The van der Waals surface area contributed by atoms with Crippen LogP contribution in [0.2, 0.25) is 0 Å². The molecule has 3 rings (SSSR count). The number of nitrogens with zero attached hydrogens (tertiary/aromatic N) is 4. The molecule has 25 heavy (non-hydrogen) atoms. The summed E-state index contributed by atoms with van der Waals surface area (Å²) in [6, 6.07) is 15.9. The van der Waals surface area contributed by atoms with Crippen LogP contribution in [0.1, 0.15) is 18.4 Å². The molecule has 128 valence electrons.